The Morgan fingerprint density at radius 1 is 1.47 bits per heavy atom. The van der Waals surface area contributed by atoms with E-state index in [2.05, 4.69) is 29.2 Å². The van der Waals surface area contributed by atoms with Crippen molar-refractivity contribution in [2.75, 3.05) is 13.2 Å². The van der Waals surface area contributed by atoms with E-state index in [9.17, 15) is 0 Å². The maximum Gasteiger partial charge on any atom is 0.140 e. The predicted octanol–water partition coefficient (Wildman–Crippen LogP) is 1.20. The van der Waals surface area contributed by atoms with Gasteiger partial charge in [0.15, 0.2) is 0 Å². The molecule has 0 spiro atoms. The zero-order chi connectivity index (χ0) is 12.1. The molecule has 5 heteroatoms. The third kappa shape index (κ3) is 3.78. The highest BCUT2D eigenvalue weighted by molar-refractivity contribution is 4.85. The number of hydrogen-bond acceptors (Lipinski definition) is 4. The minimum atomic E-state index is 0.563. The molecule has 0 bridgehead atoms. The van der Waals surface area contributed by atoms with Crippen molar-refractivity contribution in [2.45, 2.75) is 45.8 Å². The van der Waals surface area contributed by atoms with Gasteiger partial charge in [-0.2, -0.15) is 5.10 Å². The molecule has 1 fully saturated rings. The molecule has 1 aromatic rings. The number of nitrogens with one attached hydrogen (secondary N) is 1. The van der Waals surface area contributed by atoms with Gasteiger partial charge in [0.25, 0.3) is 0 Å². The minimum absolute atomic E-state index is 0.563. The molecule has 5 nitrogen and oxygen atoms in total. The molecule has 1 saturated heterocycles. The Morgan fingerprint density at radius 2 is 2.24 bits per heavy atom. The van der Waals surface area contributed by atoms with Gasteiger partial charge in [0, 0.05) is 25.8 Å². The zero-order valence-electron chi connectivity index (χ0n) is 10.7. The predicted molar refractivity (Wildman–Crippen MR) is 65.5 cm³/mol. The van der Waals surface area contributed by atoms with E-state index in [4.69, 9.17) is 4.74 Å². The molecule has 0 radical (unpaired) electrons. The average Bonchev–Trinajstić information content (AvgIpc) is 2.74. The fourth-order valence-corrected chi connectivity index (χ4v) is 2.06. The van der Waals surface area contributed by atoms with Crippen LogP contribution in [0.5, 0.6) is 0 Å². The van der Waals surface area contributed by atoms with Gasteiger partial charge < -0.3 is 10.1 Å². The number of ether oxygens (including phenoxy) is 1. The van der Waals surface area contributed by atoms with E-state index in [1.807, 2.05) is 4.68 Å². The molecule has 2 rings (SSSR count). The van der Waals surface area contributed by atoms with Crippen molar-refractivity contribution in [3.63, 3.8) is 0 Å². The molecule has 96 valence electrons. The fraction of sp³-hybridized carbons (Fsp3) is 0.833. The Labute approximate surface area is 103 Å². The molecule has 0 aliphatic carbocycles. The Hall–Kier alpha value is -0.940. The first kappa shape index (κ1) is 12.5. The third-order valence-corrected chi connectivity index (χ3v) is 3.00. The van der Waals surface area contributed by atoms with Crippen LogP contribution in [0, 0.1) is 5.92 Å². The Kier molecular flexibility index (Phi) is 4.50. The van der Waals surface area contributed by atoms with Crippen molar-refractivity contribution in [1.29, 1.82) is 0 Å². The van der Waals surface area contributed by atoms with Crippen molar-refractivity contribution in [3.05, 3.63) is 12.2 Å². The van der Waals surface area contributed by atoms with E-state index in [0.717, 1.165) is 45.0 Å². The highest BCUT2D eigenvalue weighted by atomic mass is 16.5. The average molecular weight is 238 g/mol. The molecule has 1 aliphatic heterocycles. The highest BCUT2D eigenvalue weighted by Gasteiger charge is 2.14. The van der Waals surface area contributed by atoms with Gasteiger partial charge in [0.1, 0.15) is 12.2 Å². The van der Waals surface area contributed by atoms with Crippen LogP contribution in [-0.2, 0) is 17.8 Å². The maximum atomic E-state index is 5.34. The molecule has 1 N–H and O–H groups in total. The van der Waals surface area contributed by atoms with Crippen LogP contribution < -0.4 is 5.32 Å². The summed E-state index contributed by atoms with van der Waals surface area (Å²) >= 11 is 0. The van der Waals surface area contributed by atoms with E-state index in [0.29, 0.717) is 12.0 Å². The summed E-state index contributed by atoms with van der Waals surface area (Å²) < 4.78 is 7.34. The topological polar surface area (TPSA) is 52.0 Å². The highest BCUT2D eigenvalue weighted by Crippen LogP contribution is 2.07. The van der Waals surface area contributed by atoms with Crippen molar-refractivity contribution >= 4 is 0 Å². The molecule has 2 heterocycles. The minimum Gasteiger partial charge on any atom is -0.381 e. The molecule has 17 heavy (non-hydrogen) atoms. The van der Waals surface area contributed by atoms with E-state index >= 15 is 0 Å². The van der Waals surface area contributed by atoms with Gasteiger partial charge in [-0.3, -0.25) is 0 Å². The van der Waals surface area contributed by atoms with Gasteiger partial charge in [-0.25, -0.2) is 9.67 Å². The smallest absolute Gasteiger partial charge is 0.140 e. The molecule has 0 aromatic carbocycles. The summed E-state index contributed by atoms with van der Waals surface area (Å²) in [5.74, 6) is 1.63. The van der Waals surface area contributed by atoms with Crippen LogP contribution in [-0.4, -0.2) is 34.0 Å². The Balaban J connectivity index is 1.83. The lowest BCUT2D eigenvalue weighted by Crippen LogP contribution is -2.35. The van der Waals surface area contributed by atoms with Gasteiger partial charge >= 0.3 is 0 Å². The summed E-state index contributed by atoms with van der Waals surface area (Å²) in [7, 11) is 0. The fourth-order valence-electron chi connectivity index (χ4n) is 2.06. The summed E-state index contributed by atoms with van der Waals surface area (Å²) in [6.45, 7) is 7.86. The van der Waals surface area contributed by atoms with E-state index in [1.165, 1.54) is 0 Å². The first-order chi connectivity index (χ1) is 8.25. The molecule has 0 saturated carbocycles. The van der Waals surface area contributed by atoms with Gasteiger partial charge in [-0.15, -0.1) is 0 Å². The van der Waals surface area contributed by atoms with Crippen LogP contribution in [0.4, 0.5) is 0 Å². The van der Waals surface area contributed by atoms with Crippen LogP contribution in [0.1, 0.15) is 32.5 Å². The second-order valence-electron chi connectivity index (χ2n) is 5.02. The zero-order valence-corrected chi connectivity index (χ0v) is 10.7. The first-order valence-corrected chi connectivity index (χ1v) is 6.43. The van der Waals surface area contributed by atoms with Crippen LogP contribution in [0.3, 0.4) is 0 Å². The maximum absolute atomic E-state index is 5.34. The van der Waals surface area contributed by atoms with Gasteiger partial charge in [-0.05, 0) is 18.8 Å². The molecular formula is C12H22N4O. The molecule has 0 unspecified atom stereocenters. The summed E-state index contributed by atoms with van der Waals surface area (Å²) in [4.78, 5) is 4.31. The lowest BCUT2D eigenvalue weighted by molar-refractivity contribution is 0.0773. The van der Waals surface area contributed by atoms with Crippen LogP contribution in [0.15, 0.2) is 6.33 Å². The number of hydrogen-bond donors (Lipinski definition) is 1. The van der Waals surface area contributed by atoms with Crippen molar-refractivity contribution in [1.82, 2.24) is 20.1 Å². The van der Waals surface area contributed by atoms with Gasteiger partial charge in [0.2, 0.25) is 0 Å². The quantitative estimate of drug-likeness (QED) is 0.837. The molecule has 0 atom stereocenters. The lowest BCUT2D eigenvalue weighted by Gasteiger charge is -2.23. The summed E-state index contributed by atoms with van der Waals surface area (Å²) in [6, 6.07) is 0.563. The Morgan fingerprint density at radius 3 is 2.94 bits per heavy atom. The largest absolute Gasteiger partial charge is 0.381 e. The van der Waals surface area contributed by atoms with Crippen LogP contribution in [0.2, 0.25) is 0 Å². The van der Waals surface area contributed by atoms with E-state index in [1.54, 1.807) is 6.33 Å². The van der Waals surface area contributed by atoms with E-state index < -0.39 is 0 Å². The van der Waals surface area contributed by atoms with Gasteiger partial charge in [0.05, 0.1) is 6.54 Å². The third-order valence-electron chi connectivity index (χ3n) is 3.00. The number of aromatic nitrogens is 3. The van der Waals surface area contributed by atoms with Crippen molar-refractivity contribution in [2.24, 2.45) is 5.92 Å². The lowest BCUT2D eigenvalue weighted by atomic mass is 10.1. The second-order valence-corrected chi connectivity index (χ2v) is 5.02. The van der Waals surface area contributed by atoms with Gasteiger partial charge in [-0.1, -0.05) is 13.8 Å². The Bertz CT molecular complexity index is 331. The van der Waals surface area contributed by atoms with E-state index in [-0.39, 0.29) is 0 Å². The normalized spacial score (nSPS) is 17.8. The molecular weight excluding hydrogens is 216 g/mol. The van der Waals surface area contributed by atoms with Crippen LogP contribution in [0.25, 0.3) is 0 Å². The summed E-state index contributed by atoms with van der Waals surface area (Å²) in [5, 5.41) is 7.80. The summed E-state index contributed by atoms with van der Waals surface area (Å²) in [6.07, 6.45) is 3.83. The summed E-state index contributed by atoms with van der Waals surface area (Å²) in [5.41, 5.74) is 0. The standard InChI is InChI=1S/C12H22N4O/c1-10(2)8-16-12(14-9-15-16)7-13-11-3-5-17-6-4-11/h9-11,13H,3-8H2,1-2H3. The van der Waals surface area contributed by atoms with Crippen LogP contribution >= 0.6 is 0 Å². The second kappa shape index (κ2) is 6.12. The molecule has 0 amide bonds. The monoisotopic (exact) mass is 238 g/mol. The number of rotatable bonds is 5. The SMILES string of the molecule is CC(C)Cn1ncnc1CNC1CCOCC1. The number of nitrogens with zero attached hydrogens (tertiary/aromatic N) is 3. The molecule has 1 aliphatic rings. The molecule has 1 aromatic heterocycles. The van der Waals surface area contributed by atoms with Crippen molar-refractivity contribution < 1.29 is 4.74 Å². The van der Waals surface area contributed by atoms with Crippen molar-refractivity contribution in [3.8, 4) is 0 Å². The first-order valence-electron chi connectivity index (χ1n) is 6.43.